The first-order valence-electron chi connectivity index (χ1n) is 9.22. The van der Waals surface area contributed by atoms with Gasteiger partial charge in [0, 0.05) is 12.6 Å². The van der Waals surface area contributed by atoms with E-state index in [0.717, 1.165) is 18.2 Å². The Bertz CT molecular complexity index is 581. The van der Waals surface area contributed by atoms with Crippen molar-refractivity contribution in [3.63, 3.8) is 0 Å². The van der Waals surface area contributed by atoms with Crippen LogP contribution in [0, 0.1) is 16.7 Å². The summed E-state index contributed by atoms with van der Waals surface area (Å²) in [5.41, 5.74) is 2.73. The summed E-state index contributed by atoms with van der Waals surface area (Å²) in [5.74, 6) is 0. The van der Waals surface area contributed by atoms with Crippen LogP contribution < -0.4 is 0 Å². The number of hydrogen-bond donors (Lipinski definition) is 0. The zero-order chi connectivity index (χ0) is 15.7. The Morgan fingerprint density at radius 1 is 1.09 bits per heavy atom. The average molecular weight is 309 g/mol. The maximum atomic E-state index is 9.02. The van der Waals surface area contributed by atoms with Crippen LogP contribution in [-0.2, 0) is 6.54 Å². The van der Waals surface area contributed by atoms with Crippen LogP contribution in [0.25, 0.3) is 0 Å². The smallest absolute Gasteiger partial charge is 0.0991 e. The molecule has 2 aliphatic heterocycles. The third kappa shape index (κ3) is 3.16. The number of piperidine rings is 1. The van der Waals surface area contributed by atoms with E-state index in [1.165, 1.54) is 70.3 Å². The maximum absolute atomic E-state index is 9.02. The molecule has 0 bridgehead atoms. The molecule has 23 heavy (non-hydrogen) atoms. The van der Waals surface area contributed by atoms with Gasteiger partial charge in [0.2, 0.25) is 0 Å². The van der Waals surface area contributed by atoms with Gasteiger partial charge >= 0.3 is 0 Å². The zero-order valence-electron chi connectivity index (χ0n) is 14.0. The number of nitrogens with zero attached hydrogens (tertiary/aromatic N) is 3. The lowest BCUT2D eigenvalue weighted by Gasteiger charge is -2.54. The van der Waals surface area contributed by atoms with E-state index in [-0.39, 0.29) is 0 Å². The zero-order valence-corrected chi connectivity index (χ0v) is 14.0. The van der Waals surface area contributed by atoms with Crippen LogP contribution in [0.2, 0.25) is 0 Å². The summed E-state index contributed by atoms with van der Waals surface area (Å²) in [7, 11) is 0. The van der Waals surface area contributed by atoms with E-state index in [4.69, 9.17) is 5.26 Å². The number of nitriles is 1. The van der Waals surface area contributed by atoms with Crippen molar-refractivity contribution in [3.05, 3.63) is 35.4 Å². The van der Waals surface area contributed by atoms with Crippen LogP contribution >= 0.6 is 0 Å². The van der Waals surface area contributed by atoms with E-state index >= 15 is 0 Å². The summed E-state index contributed by atoms with van der Waals surface area (Å²) in [5, 5.41) is 9.02. The van der Waals surface area contributed by atoms with E-state index in [0.29, 0.717) is 5.41 Å². The Morgan fingerprint density at radius 2 is 1.83 bits per heavy atom. The molecule has 3 fully saturated rings. The highest BCUT2D eigenvalue weighted by molar-refractivity contribution is 5.32. The predicted octanol–water partition coefficient (Wildman–Crippen LogP) is 3.40. The SMILES string of the molecule is N#Cc1cccc(CN2CCC3(CC2)CC(N2CCCC2)C3)c1. The largest absolute Gasteiger partial charge is 0.300 e. The number of benzene rings is 1. The van der Waals surface area contributed by atoms with E-state index in [9.17, 15) is 0 Å². The van der Waals surface area contributed by atoms with Gasteiger partial charge in [-0.2, -0.15) is 5.26 Å². The first-order chi connectivity index (χ1) is 11.3. The van der Waals surface area contributed by atoms with Crippen LogP contribution in [0.4, 0.5) is 0 Å². The molecule has 1 aromatic rings. The molecule has 2 saturated heterocycles. The lowest BCUT2D eigenvalue weighted by molar-refractivity contribution is -0.0369. The Morgan fingerprint density at radius 3 is 2.52 bits per heavy atom. The topological polar surface area (TPSA) is 30.3 Å². The summed E-state index contributed by atoms with van der Waals surface area (Å²) in [4.78, 5) is 5.32. The normalized spacial score (nSPS) is 25.3. The summed E-state index contributed by atoms with van der Waals surface area (Å²) in [6, 6.07) is 11.2. The summed E-state index contributed by atoms with van der Waals surface area (Å²) >= 11 is 0. The molecule has 1 spiro atoms. The summed E-state index contributed by atoms with van der Waals surface area (Å²) in [6.07, 6.45) is 8.47. The molecule has 0 aromatic heterocycles. The van der Waals surface area contributed by atoms with Crippen molar-refractivity contribution in [2.45, 2.75) is 51.1 Å². The Kier molecular flexibility index (Phi) is 4.13. The van der Waals surface area contributed by atoms with Crippen molar-refractivity contribution in [2.24, 2.45) is 5.41 Å². The van der Waals surface area contributed by atoms with Crippen molar-refractivity contribution < 1.29 is 0 Å². The average Bonchev–Trinajstić information content (AvgIpc) is 3.08. The van der Waals surface area contributed by atoms with E-state index < -0.39 is 0 Å². The molecule has 1 saturated carbocycles. The maximum Gasteiger partial charge on any atom is 0.0991 e. The van der Waals surface area contributed by atoms with Crippen molar-refractivity contribution in [1.82, 2.24) is 9.80 Å². The van der Waals surface area contributed by atoms with E-state index in [1.54, 1.807) is 0 Å². The Balaban J connectivity index is 1.27. The van der Waals surface area contributed by atoms with Gasteiger partial charge in [0.05, 0.1) is 11.6 Å². The molecule has 1 aliphatic carbocycles. The highest BCUT2D eigenvalue weighted by atomic mass is 15.2. The molecule has 3 nitrogen and oxygen atoms in total. The standard InChI is InChI=1S/C20H27N3/c21-15-17-4-3-5-18(12-17)16-22-10-6-20(7-11-22)13-19(14-20)23-8-1-2-9-23/h3-5,12,19H,1-2,6-11,13-14,16H2. The fourth-order valence-corrected chi connectivity index (χ4v) is 4.90. The minimum atomic E-state index is 0.665. The number of likely N-dealkylation sites (tertiary alicyclic amines) is 2. The fraction of sp³-hybridized carbons (Fsp3) is 0.650. The molecular weight excluding hydrogens is 282 g/mol. The molecule has 3 heteroatoms. The Labute approximate surface area is 139 Å². The van der Waals surface area contributed by atoms with Gasteiger partial charge < -0.3 is 4.90 Å². The summed E-state index contributed by atoms with van der Waals surface area (Å²) in [6.45, 7) is 6.15. The highest BCUT2D eigenvalue weighted by Gasteiger charge is 2.47. The molecule has 1 aromatic carbocycles. The van der Waals surface area contributed by atoms with Gasteiger partial charge in [-0.25, -0.2) is 0 Å². The second-order valence-electron chi connectivity index (χ2n) is 7.89. The lowest BCUT2D eigenvalue weighted by atomic mass is 9.60. The molecule has 0 radical (unpaired) electrons. The van der Waals surface area contributed by atoms with Crippen LogP contribution in [0.3, 0.4) is 0 Å². The van der Waals surface area contributed by atoms with Crippen molar-refractivity contribution in [1.29, 1.82) is 5.26 Å². The first kappa shape index (κ1) is 15.2. The number of hydrogen-bond acceptors (Lipinski definition) is 3. The monoisotopic (exact) mass is 309 g/mol. The minimum Gasteiger partial charge on any atom is -0.300 e. The molecule has 2 heterocycles. The highest BCUT2D eigenvalue weighted by Crippen LogP contribution is 2.51. The van der Waals surface area contributed by atoms with Crippen molar-refractivity contribution in [2.75, 3.05) is 26.2 Å². The fourth-order valence-electron chi connectivity index (χ4n) is 4.90. The molecule has 0 amide bonds. The quantitative estimate of drug-likeness (QED) is 0.857. The van der Waals surface area contributed by atoms with Crippen molar-refractivity contribution in [3.8, 4) is 6.07 Å². The molecular formula is C20H27N3. The van der Waals surface area contributed by atoms with Crippen LogP contribution in [0.1, 0.15) is 49.7 Å². The first-order valence-corrected chi connectivity index (χ1v) is 9.22. The third-order valence-corrected chi connectivity index (χ3v) is 6.37. The van der Waals surface area contributed by atoms with Gasteiger partial charge in [0.1, 0.15) is 0 Å². The Hall–Kier alpha value is -1.37. The summed E-state index contributed by atoms with van der Waals surface area (Å²) < 4.78 is 0. The van der Waals surface area contributed by atoms with Crippen LogP contribution in [0.15, 0.2) is 24.3 Å². The predicted molar refractivity (Wildman–Crippen MR) is 91.9 cm³/mol. The van der Waals surface area contributed by atoms with Crippen molar-refractivity contribution >= 4 is 0 Å². The molecule has 122 valence electrons. The van der Waals surface area contributed by atoms with Gasteiger partial charge in [-0.3, -0.25) is 4.90 Å². The van der Waals surface area contributed by atoms with Crippen LogP contribution in [0.5, 0.6) is 0 Å². The number of rotatable bonds is 3. The molecule has 4 rings (SSSR count). The second-order valence-corrected chi connectivity index (χ2v) is 7.89. The van der Waals surface area contributed by atoms with Crippen LogP contribution in [-0.4, -0.2) is 42.0 Å². The van der Waals surface area contributed by atoms with Gasteiger partial charge in [-0.15, -0.1) is 0 Å². The van der Waals surface area contributed by atoms with E-state index in [2.05, 4.69) is 21.9 Å². The van der Waals surface area contributed by atoms with Gasteiger partial charge in [0.15, 0.2) is 0 Å². The third-order valence-electron chi connectivity index (χ3n) is 6.37. The van der Waals surface area contributed by atoms with Gasteiger partial charge in [0.25, 0.3) is 0 Å². The van der Waals surface area contributed by atoms with E-state index in [1.807, 2.05) is 18.2 Å². The van der Waals surface area contributed by atoms with Gasteiger partial charge in [-0.1, -0.05) is 12.1 Å². The molecule has 0 N–H and O–H groups in total. The second kappa shape index (κ2) is 6.26. The molecule has 0 atom stereocenters. The lowest BCUT2D eigenvalue weighted by Crippen LogP contribution is -2.54. The van der Waals surface area contributed by atoms with Gasteiger partial charge in [-0.05, 0) is 87.8 Å². The molecule has 3 aliphatic rings. The minimum absolute atomic E-state index is 0.665. The molecule has 0 unspecified atom stereocenters.